The third-order valence-corrected chi connectivity index (χ3v) is 4.30. The minimum atomic E-state index is -5.11. The van der Waals surface area contributed by atoms with E-state index in [-0.39, 0.29) is 23.1 Å². The van der Waals surface area contributed by atoms with Gasteiger partial charge in [-0.1, -0.05) is 6.07 Å². The van der Waals surface area contributed by atoms with Gasteiger partial charge in [-0.15, -0.1) is 0 Å². The number of carbonyl (C=O) groups is 4. The summed E-state index contributed by atoms with van der Waals surface area (Å²) in [6, 6.07) is 3.88. The smallest absolute Gasteiger partial charge is 0.416 e. The average molecular weight is 536 g/mol. The van der Waals surface area contributed by atoms with Gasteiger partial charge in [0.25, 0.3) is 0 Å². The summed E-state index contributed by atoms with van der Waals surface area (Å²) in [5, 5.41) is 0. The van der Waals surface area contributed by atoms with E-state index >= 15 is 0 Å². The van der Waals surface area contributed by atoms with Crippen LogP contribution >= 0.6 is 0 Å². The standard InChI is InChI=1S/C23H18F6O8/c1-11(30)35-18-5-4-15(8-19(18)36-12(2)31)20(37-13(3)32)21(33)34-10-14-6-16(22(24,25)26)9-17(7-14)23(27,28)29/h4-9,20H,10H2,1-3H3. The molecule has 0 radical (unpaired) electrons. The Labute approximate surface area is 205 Å². The van der Waals surface area contributed by atoms with Gasteiger partial charge in [-0.3, -0.25) is 14.4 Å². The van der Waals surface area contributed by atoms with Gasteiger partial charge in [0.2, 0.25) is 6.10 Å². The lowest BCUT2D eigenvalue weighted by Gasteiger charge is -2.19. The SMILES string of the molecule is CC(=O)Oc1ccc(C(OC(C)=O)C(=O)OCc2cc(C(F)(F)F)cc(C(F)(F)F)c2)cc1OC(C)=O. The molecule has 2 aromatic rings. The molecule has 1 unspecified atom stereocenters. The monoisotopic (exact) mass is 536 g/mol. The number of hydrogen-bond donors (Lipinski definition) is 0. The number of carbonyl (C=O) groups excluding carboxylic acids is 4. The summed E-state index contributed by atoms with van der Waals surface area (Å²) >= 11 is 0. The predicted octanol–water partition coefficient (Wildman–Crippen LogP) is 4.92. The fourth-order valence-corrected chi connectivity index (χ4v) is 2.91. The van der Waals surface area contributed by atoms with Gasteiger partial charge >= 0.3 is 36.2 Å². The summed E-state index contributed by atoms with van der Waals surface area (Å²) < 4.78 is 98.0. The van der Waals surface area contributed by atoms with Gasteiger partial charge in [0.15, 0.2) is 11.5 Å². The first-order chi connectivity index (χ1) is 17.0. The Balaban J connectivity index is 2.39. The minimum Gasteiger partial charge on any atom is -0.458 e. The highest BCUT2D eigenvalue weighted by Crippen LogP contribution is 2.37. The highest BCUT2D eigenvalue weighted by atomic mass is 19.4. The molecule has 1 atom stereocenters. The second kappa shape index (κ2) is 11.3. The molecule has 0 amide bonds. The van der Waals surface area contributed by atoms with Crippen LogP contribution in [0, 0.1) is 0 Å². The quantitative estimate of drug-likeness (QED) is 0.279. The molecule has 0 saturated carbocycles. The van der Waals surface area contributed by atoms with Crippen LogP contribution in [0.5, 0.6) is 11.5 Å². The van der Waals surface area contributed by atoms with Gasteiger partial charge in [0.05, 0.1) is 11.1 Å². The van der Waals surface area contributed by atoms with Crippen molar-refractivity contribution in [1.82, 2.24) is 0 Å². The van der Waals surface area contributed by atoms with Crippen LogP contribution in [-0.2, 0) is 47.6 Å². The Morgan fingerprint density at radius 3 is 1.70 bits per heavy atom. The summed E-state index contributed by atoms with van der Waals surface area (Å²) in [6.07, 6.45) is -12.1. The van der Waals surface area contributed by atoms with Gasteiger partial charge < -0.3 is 18.9 Å². The van der Waals surface area contributed by atoms with Crippen LogP contribution in [0.15, 0.2) is 36.4 Å². The highest BCUT2D eigenvalue weighted by molar-refractivity contribution is 5.81. The van der Waals surface area contributed by atoms with Crippen LogP contribution in [0.3, 0.4) is 0 Å². The normalized spacial score (nSPS) is 12.4. The van der Waals surface area contributed by atoms with Crippen molar-refractivity contribution in [2.24, 2.45) is 0 Å². The first-order valence-corrected chi connectivity index (χ1v) is 10.1. The number of ether oxygens (including phenoxy) is 4. The van der Waals surface area contributed by atoms with Gasteiger partial charge in [-0.2, -0.15) is 26.3 Å². The highest BCUT2D eigenvalue weighted by Gasteiger charge is 2.37. The molecule has 200 valence electrons. The van der Waals surface area contributed by atoms with Crippen LogP contribution in [0.1, 0.15) is 49.1 Å². The molecule has 8 nitrogen and oxygen atoms in total. The third kappa shape index (κ3) is 8.51. The van der Waals surface area contributed by atoms with Crippen molar-refractivity contribution in [3.05, 3.63) is 58.7 Å². The molecule has 0 aliphatic heterocycles. The van der Waals surface area contributed by atoms with Gasteiger partial charge in [-0.25, -0.2) is 4.79 Å². The van der Waals surface area contributed by atoms with E-state index in [0.29, 0.717) is 12.1 Å². The maximum atomic E-state index is 13.1. The molecule has 0 aliphatic carbocycles. The maximum Gasteiger partial charge on any atom is 0.416 e. The van der Waals surface area contributed by atoms with Crippen molar-refractivity contribution in [1.29, 1.82) is 0 Å². The Morgan fingerprint density at radius 1 is 0.730 bits per heavy atom. The Kier molecular flexibility index (Phi) is 8.90. The number of rotatable bonds is 7. The van der Waals surface area contributed by atoms with Gasteiger partial charge in [-0.05, 0) is 35.9 Å². The van der Waals surface area contributed by atoms with Gasteiger partial charge in [0, 0.05) is 26.3 Å². The molecule has 0 spiro atoms. The van der Waals surface area contributed by atoms with Crippen LogP contribution in [0.4, 0.5) is 26.3 Å². The van der Waals surface area contributed by atoms with Crippen molar-refractivity contribution in [2.45, 2.75) is 45.8 Å². The molecular weight excluding hydrogens is 518 g/mol. The lowest BCUT2D eigenvalue weighted by Crippen LogP contribution is -2.21. The molecule has 0 aliphatic rings. The van der Waals surface area contributed by atoms with Crippen LogP contribution in [0.2, 0.25) is 0 Å². The van der Waals surface area contributed by atoms with Crippen molar-refractivity contribution >= 4 is 23.9 Å². The fourth-order valence-electron chi connectivity index (χ4n) is 2.91. The average Bonchev–Trinajstić information content (AvgIpc) is 2.75. The molecule has 0 saturated heterocycles. The molecule has 37 heavy (non-hydrogen) atoms. The third-order valence-electron chi connectivity index (χ3n) is 4.30. The van der Waals surface area contributed by atoms with Crippen LogP contribution in [0.25, 0.3) is 0 Å². The van der Waals surface area contributed by atoms with E-state index in [2.05, 4.69) is 0 Å². The second-order valence-electron chi connectivity index (χ2n) is 7.40. The maximum absolute atomic E-state index is 13.1. The van der Waals surface area contributed by atoms with E-state index in [1.165, 1.54) is 0 Å². The molecule has 14 heteroatoms. The Morgan fingerprint density at radius 2 is 1.24 bits per heavy atom. The predicted molar refractivity (Wildman–Crippen MR) is 110 cm³/mol. The van der Waals surface area contributed by atoms with E-state index in [1.807, 2.05) is 0 Å². The zero-order chi connectivity index (χ0) is 28.1. The molecule has 2 rings (SSSR count). The second-order valence-corrected chi connectivity index (χ2v) is 7.40. The number of halogens is 6. The lowest BCUT2D eigenvalue weighted by molar-refractivity contribution is -0.168. The molecule has 0 aromatic heterocycles. The van der Waals surface area contributed by atoms with Crippen LogP contribution in [-0.4, -0.2) is 23.9 Å². The number of alkyl halides is 6. The number of benzene rings is 2. The zero-order valence-corrected chi connectivity index (χ0v) is 19.3. The molecule has 0 fully saturated rings. The van der Waals surface area contributed by atoms with Crippen molar-refractivity contribution in [2.75, 3.05) is 0 Å². The molecule has 0 N–H and O–H groups in total. The molecular formula is C23H18F6O8. The molecule has 2 aromatic carbocycles. The lowest BCUT2D eigenvalue weighted by atomic mass is 10.0. The minimum absolute atomic E-state index is 0.0891. The van der Waals surface area contributed by atoms with E-state index in [0.717, 1.165) is 39.0 Å². The van der Waals surface area contributed by atoms with Crippen molar-refractivity contribution in [3.8, 4) is 11.5 Å². The molecule has 0 heterocycles. The summed E-state index contributed by atoms with van der Waals surface area (Å²) in [5.41, 5.74) is -4.04. The van der Waals surface area contributed by atoms with Gasteiger partial charge in [0.1, 0.15) is 6.61 Å². The summed E-state index contributed by atoms with van der Waals surface area (Å²) in [4.78, 5) is 46.9. The van der Waals surface area contributed by atoms with Crippen molar-refractivity contribution in [3.63, 3.8) is 0 Å². The number of esters is 4. The molecule has 0 bridgehead atoms. The Hall–Kier alpha value is -4.10. The van der Waals surface area contributed by atoms with E-state index in [1.54, 1.807) is 0 Å². The first-order valence-electron chi connectivity index (χ1n) is 10.1. The van der Waals surface area contributed by atoms with Crippen molar-refractivity contribution < 1.29 is 64.5 Å². The summed E-state index contributed by atoms with van der Waals surface area (Å²) in [6.45, 7) is 1.96. The summed E-state index contributed by atoms with van der Waals surface area (Å²) in [5.74, 6) is -4.57. The number of hydrogen-bond acceptors (Lipinski definition) is 8. The largest absolute Gasteiger partial charge is 0.458 e. The first kappa shape index (κ1) is 29.1. The van der Waals surface area contributed by atoms with E-state index in [9.17, 15) is 45.5 Å². The Bertz CT molecular complexity index is 1170. The van der Waals surface area contributed by atoms with E-state index < -0.39 is 65.6 Å². The fraction of sp³-hybridized carbons (Fsp3) is 0.304. The topological polar surface area (TPSA) is 105 Å². The summed E-state index contributed by atoms with van der Waals surface area (Å²) in [7, 11) is 0. The zero-order valence-electron chi connectivity index (χ0n) is 19.3. The van der Waals surface area contributed by atoms with Crippen LogP contribution < -0.4 is 9.47 Å². The van der Waals surface area contributed by atoms with E-state index in [4.69, 9.17) is 18.9 Å².